The van der Waals surface area contributed by atoms with Crippen LogP contribution in [0.25, 0.3) is 0 Å². The van der Waals surface area contributed by atoms with Gasteiger partial charge in [-0.2, -0.15) is 17.0 Å². The van der Waals surface area contributed by atoms with E-state index in [1.165, 1.54) is 0 Å². The number of rotatable bonds is 8. The zero-order valence-corrected chi connectivity index (χ0v) is 15.1. The molecule has 1 aliphatic rings. The molecule has 1 heterocycles. The molecule has 0 spiro atoms. The molecule has 1 atom stereocenters. The van der Waals surface area contributed by atoms with E-state index in [0.29, 0.717) is 42.4 Å². The molecule has 0 aromatic heterocycles. The van der Waals surface area contributed by atoms with Crippen molar-refractivity contribution in [2.75, 3.05) is 24.7 Å². The number of ether oxygens (including phenoxy) is 2. The molecule has 1 fully saturated rings. The number of carbonyl (C=O) groups excluding carboxylic acids is 1. The normalized spacial score (nSPS) is 19.5. The van der Waals surface area contributed by atoms with Gasteiger partial charge in [-0.05, 0) is 43.2 Å². The summed E-state index contributed by atoms with van der Waals surface area (Å²) >= 11 is 1.69. The Hall–Kier alpha value is -1.87. The number of nitrogens with one attached hydrogen (secondary N) is 1. The lowest BCUT2D eigenvalue weighted by atomic mass is 10.0. The highest BCUT2D eigenvalue weighted by atomic mass is 32.2. The Morgan fingerprint density at radius 2 is 2.00 bits per heavy atom. The molecule has 5 nitrogen and oxygen atoms in total. The lowest BCUT2D eigenvalue weighted by Gasteiger charge is -2.21. The molecule has 1 unspecified atom stereocenters. The molecule has 1 aliphatic heterocycles. The molecule has 0 saturated carbocycles. The summed E-state index contributed by atoms with van der Waals surface area (Å²) in [4.78, 5) is 12.5. The van der Waals surface area contributed by atoms with Gasteiger partial charge >= 0.3 is 0 Å². The summed E-state index contributed by atoms with van der Waals surface area (Å²) in [6.45, 7) is 5.22. The monoisotopic (exact) mass is 348 g/mol. The van der Waals surface area contributed by atoms with Crippen molar-refractivity contribution in [2.24, 2.45) is 0 Å². The van der Waals surface area contributed by atoms with Crippen molar-refractivity contribution in [3.63, 3.8) is 0 Å². The smallest absolute Gasteiger partial charge is 0.252 e. The molecule has 2 rings (SSSR count). The number of thioether (sulfide) groups is 1. The van der Waals surface area contributed by atoms with Crippen LogP contribution in [0.15, 0.2) is 18.2 Å². The molecule has 1 amide bonds. The first-order valence-electron chi connectivity index (χ1n) is 8.35. The summed E-state index contributed by atoms with van der Waals surface area (Å²) in [5.74, 6) is 2.50. The van der Waals surface area contributed by atoms with E-state index in [-0.39, 0.29) is 5.91 Å². The number of carbonyl (C=O) groups is 1. The summed E-state index contributed by atoms with van der Waals surface area (Å²) in [5, 5.41) is 12.3. The van der Waals surface area contributed by atoms with Gasteiger partial charge in [-0.1, -0.05) is 13.8 Å². The van der Waals surface area contributed by atoms with Gasteiger partial charge < -0.3 is 14.8 Å². The Morgan fingerprint density at radius 3 is 2.58 bits per heavy atom. The van der Waals surface area contributed by atoms with Crippen LogP contribution < -0.4 is 14.8 Å². The molecule has 1 N–H and O–H groups in total. The predicted octanol–water partition coefficient (Wildman–Crippen LogP) is 3.39. The highest BCUT2D eigenvalue weighted by Crippen LogP contribution is 2.31. The van der Waals surface area contributed by atoms with Crippen molar-refractivity contribution in [3.05, 3.63) is 23.8 Å². The van der Waals surface area contributed by atoms with E-state index in [4.69, 9.17) is 9.47 Å². The minimum Gasteiger partial charge on any atom is -0.490 e. The standard InChI is InChI=1S/C18H24N2O3S/c1-3-8-22-15-6-5-14(11-16(15)23-9-4-2)17(21)20-18(12-19)7-10-24-13-18/h5-6,11H,3-4,7-10,13H2,1-2H3,(H,20,21). The van der Waals surface area contributed by atoms with E-state index in [1.54, 1.807) is 30.0 Å². The minimum atomic E-state index is -0.760. The van der Waals surface area contributed by atoms with Crippen molar-refractivity contribution >= 4 is 17.7 Å². The summed E-state index contributed by atoms with van der Waals surface area (Å²) in [5.41, 5.74) is -0.277. The van der Waals surface area contributed by atoms with Gasteiger partial charge in [-0.3, -0.25) is 4.79 Å². The molecule has 6 heteroatoms. The second kappa shape index (κ2) is 8.84. The van der Waals surface area contributed by atoms with Crippen molar-refractivity contribution in [3.8, 4) is 17.6 Å². The number of nitriles is 1. The predicted molar refractivity (Wildman–Crippen MR) is 95.8 cm³/mol. The van der Waals surface area contributed by atoms with Crippen LogP contribution in [-0.2, 0) is 0 Å². The summed E-state index contributed by atoms with van der Waals surface area (Å²) < 4.78 is 11.4. The van der Waals surface area contributed by atoms with Gasteiger partial charge in [0.15, 0.2) is 11.5 Å². The molecule has 1 aromatic rings. The Morgan fingerprint density at radius 1 is 1.29 bits per heavy atom. The number of benzene rings is 1. The van der Waals surface area contributed by atoms with Crippen LogP contribution >= 0.6 is 11.8 Å². The highest BCUT2D eigenvalue weighted by molar-refractivity contribution is 7.99. The zero-order valence-electron chi connectivity index (χ0n) is 14.3. The van der Waals surface area contributed by atoms with Gasteiger partial charge in [0, 0.05) is 11.3 Å². The maximum atomic E-state index is 12.5. The molecule has 0 bridgehead atoms. The van der Waals surface area contributed by atoms with E-state index >= 15 is 0 Å². The summed E-state index contributed by atoms with van der Waals surface area (Å²) in [6.07, 6.45) is 2.45. The lowest BCUT2D eigenvalue weighted by molar-refractivity contribution is 0.0925. The quantitative estimate of drug-likeness (QED) is 0.780. The number of nitrogens with zero attached hydrogens (tertiary/aromatic N) is 1. The first-order chi connectivity index (χ1) is 11.6. The fourth-order valence-electron chi connectivity index (χ4n) is 2.37. The maximum absolute atomic E-state index is 12.5. The SMILES string of the molecule is CCCOc1ccc(C(=O)NC2(C#N)CCSC2)cc1OCCC. The van der Waals surface area contributed by atoms with Gasteiger partial charge in [0.1, 0.15) is 5.54 Å². The molecule has 0 aliphatic carbocycles. The van der Waals surface area contributed by atoms with Crippen LogP contribution in [0.3, 0.4) is 0 Å². The Bertz CT molecular complexity index is 607. The minimum absolute atomic E-state index is 0.248. The second-order valence-corrected chi connectivity index (χ2v) is 6.91. The van der Waals surface area contributed by atoms with E-state index < -0.39 is 5.54 Å². The van der Waals surface area contributed by atoms with Crippen molar-refractivity contribution in [1.82, 2.24) is 5.32 Å². The topological polar surface area (TPSA) is 71.3 Å². The van der Waals surface area contributed by atoms with Gasteiger partial charge in [-0.25, -0.2) is 0 Å². The molecule has 1 saturated heterocycles. The average Bonchev–Trinajstić information content (AvgIpc) is 3.07. The first-order valence-corrected chi connectivity index (χ1v) is 9.50. The molecular weight excluding hydrogens is 324 g/mol. The van der Waals surface area contributed by atoms with Crippen LogP contribution in [0.5, 0.6) is 11.5 Å². The highest BCUT2D eigenvalue weighted by Gasteiger charge is 2.36. The third-order valence-electron chi connectivity index (χ3n) is 3.72. The van der Waals surface area contributed by atoms with Crippen LogP contribution in [0, 0.1) is 11.3 Å². The van der Waals surface area contributed by atoms with Gasteiger partial charge in [-0.15, -0.1) is 0 Å². The van der Waals surface area contributed by atoms with Gasteiger partial charge in [0.2, 0.25) is 0 Å². The van der Waals surface area contributed by atoms with Crippen LogP contribution in [0.4, 0.5) is 0 Å². The summed E-state index contributed by atoms with van der Waals surface area (Å²) in [6, 6.07) is 7.43. The van der Waals surface area contributed by atoms with Crippen molar-refractivity contribution < 1.29 is 14.3 Å². The second-order valence-electron chi connectivity index (χ2n) is 5.81. The molecule has 0 radical (unpaired) electrons. The van der Waals surface area contributed by atoms with E-state index in [0.717, 1.165) is 18.6 Å². The van der Waals surface area contributed by atoms with E-state index in [1.807, 2.05) is 13.8 Å². The van der Waals surface area contributed by atoms with Gasteiger partial charge in [0.05, 0.1) is 19.3 Å². The van der Waals surface area contributed by atoms with Crippen LogP contribution in [0.2, 0.25) is 0 Å². The third-order valence-corrected chi connectivity index (χ3v) is 4.91. The number of hydrogen-bond donors (Lipinski definition) is 1. The zero-order chi connectivity index (χ0) is 17.4. The van der Waals surface area contributed by atoms with E-state index in [9.17, 15) is 10.1 Å². The molecule has 1 aromatic carbocycles. The van der Waals surface area contributed by atoms with Crippen molar-refractivity contribution in [2.45, 2.75) is 38.6 Å². The number of amides is 1. The average molecular weight is 348 g/mol. The van der Waals surface area contributed by atoms with Crippen LogP contribution in [0.1, 0.15) is 43.5 Å². The fraction of sp³-hybridized carbons (Fsp3) is 0.556. The van der Waals surface area contributed by atoms with E-state index in [2.05, 4.69) is 11.4 Å². The third kappa shape index (κ3) is 4.57. The molecular formula is C18H24N2O3S. The Labute approximate surface area is 147 Å². The Kier molecular flexibility index (Phi) is 6.80. The van der Waals surface area contributed by atoms with Gasteiger partial charge in [0.25, 0.3) is 5.91 Å². The maximum Gasteiger partial charge on any atom is 0.252 e. The molecule has 130 valence electrons. The molecule has 24 heavy (non-hydrogen) atoms. The number of hydrogen-bond acceptors (Lipinski definition) is 5. The van der Waals surface area contributed by atoms with Crippen molar-refractivity contribution in [1.29, 1.82) is 5.26 Å². The fourth-order valence-corrected chi connectivity index (χ4v) is 3.64. The summed E-state index contributed by atoms with van der Waals surface area (Å²) in [7, 11) is 0. The Balaban J connectivity index is 2.16. The largest absolute Gasteiger partial charge is 0.490 e. The van der Waals surface area contributed by atoms with Crippen LogP contribution in [-0.4, -0.2) is 36.2 Å². The first kappa shape index (κ1) is 18.5. The lowest BCUT2D eigenvalue weighted by Crippen LogP contribution is -2.47.